The normalized spacial score (nSPS) is 20.6. The molecule has 0 amide bonds. The summed E-state index contributed by atoms with van der Waals surface area (Å²) in [7, 11) is 3.37. The topological polar surface area (TPSA) is 88.6 Å². The van der Waals surface area contributed by atoms with Crippen LogP contribution < -0.4 is 14.4 Å². The van der Waals surface area contributed by atoms with Gasteiger partial charge >= 0.3 is 5.69 Å². The first kappa shape index (κ1) is 18.8. The predicted octanol–water partition coefficient (Wildman–Crippen LogP) is 4.31. The van der Waals surface area contributed by atoms with E-state index < -0.39 is 16.1 Å². The van der Waals surface area contributed by atoms with Gasteiger partial charge < -0.3 is 14.4 Å². The van der Waals surface area contributed by atoms with Crippen LogP contribution in [0.5, 0.6) is 11.5 Å². The Bertz CT molecular complexity index is 1130. The Hall–Kier alpha value is -3.53. The molecule has 148 valence electrons. The van der Waals surface area contributed by atoms with Crippen molar-refractivity contribution in [2.75, 3.05) is 19.1 Å². The Morgan fingerprint density at radius 2 is 2.03 bits per heavy atom. The molecule has 29 heavy (non-hydrogen) atoms. The Labute approximate surface area is 168 Å². The number of hydrogen-bond donors (Lipinski definition) is 0. The minimum atomic E-state index is -0.845. The summed E-state index contributed by atoms with van der Waals surface area (Å²) >= 11 is 0. The van der Waals surface area contributed by atoms with Gasteiger partial charge in [-0.15, -0.1) is 0 Å². The summed E-state index contributed by atoms with van der Waals surface area (Å²) in [4.78, 5) is 13.1. The molecule has 1 spiro atoms. The van der Waals surface area contributed by atoms with E-state index in [2.05, 4.69) is 24.8 Å². The van der Waals surface area contributed by atoms with Crippen molar-refractivity contribution in [3.8, 4) is 17.6 Å². The van der Waals surface area contributed by atoms with E-state index in [1.807, 2.05) is 31.3 Å². The molecule has 0 saturated heterocycles. The van der Waals surface area contributed by atoms with Crippen molar-refractivity contribution in [1.29, 1.82) is 5.26 Å². The number of nitro benzene ring substituents is 1. The first-order valence-corrected chi connectivity index (χ1v) is 9.20. The van der Waals surface area contributed by atoms with Crippen LogP contribution in [-0.2, 0) is 5.41 Å². The second kappa shape index (κ2) is 5.98. The first-order valence-electron chi connectivity index (χ1n) is 9.20. The molecule has 7 heteroatoms. The molecule has 0 aromatic heterocycles. The lowest BCUT2D eigenvalue weighted by atomic mass is 9.76. The van der Waals surface area contributed by atoms with Gasteiger partial charge in [-0.2, -0.15) is 5.26 Å². The van der Waals surface area contributed by atoms with E-state index in [0.29, 0.717) is 22.4 Å². The van der Waals surface area contributed by atoms with Gasteiger partial charge in [-0.05, 0) is 56.7 Å². The van der Waals surface area contributed by atoms with Crippen LogP contribution in [0.1, 0.15) is 36.1 Å². The van der Waals surface area contributed by atoms with Crippen molar-refractivity contribution in [3.05, 3.63) is 62.7 Å². The highest BCUT2D eigenvalue weighted by atomic mass is 16.6. The molecule has 2 aromatic rings. The molecule has 1 unspecified atom stereocenters. The number of likely N-dealkylation sites (N-methyl/N-ethyl adjacent to an activating group) is 1. The van der Waals surface area contributed by atoms with Crippen molar-refractivity contribution in [3.63, 3.8) is 0 Å². The third-order valence-corrected chi connectivity index (χ3v) is 6.17. The van der Waals surface area contributed by atoms with Crippen molar-refractivity contribution in [1.82, 2.24) is 0 Å². The van der Waals surface area contributed by atoms with Gasteiger partial charge in [-0.1, -0.05) is 0 Å². The molecule has 0 saturated carbocycles. The van der Waals surface area contributed by atoms with Crippen LogP contribution in [-0.4, -0.2) is 24.8 Å². The molecule has 2 aliphatic heterocycles. The average molecular weight is 391 g/mol. The highest BCUT2D eigenvalue weighted by Gasteiger charge is 2.58. The fourth-order valence-corrected chi connectivity index (χ4v) is 4.54. The lowest BCUT2D eigenvalue weighted by Crippen LogP contribution is -2.58. The molecule has 0 radical (unpaired) electrons. The number of anilines is 1. The minimum absolute atomic E-state index is 0.0889. The van der Waals surface area contributed by atoms with E-state index in [1.165, 1.54) is 13.2 Å². The van der Waals surface area contributed by atoms with E-state index in [0.717, 1.165) is 11.3 Å². The number of nitriles is 1. The van der Waals surface area contributed by atoms with Gasteiger partial charge in [0.2, 0.25) is 11.5 Å². The van der Waals surface area contributed by atoms with Crippen LogP contribution in [0.2, 0.25) is 0 Å². The molecule has 2 aromatic carbocycles. The van der Waals surface area contributed by atoms with Gasteiger partial charge in [0.1, 0.15) is 5.75 Å². The zero-order valence-electron chi connectivity index (χ0n) is 16.9. The molecule has 0 aliphatic carbocycles. The predicted molar refractivity (Wildman–Crippen MR) is 109 cm³/mol. The molecule has 0 N–H and O–H groups in total. The van der Waals surface area contributed by atoms with Crippen LogP contribution in [0, 0.1) is 28.4 Å². The average Bonchev–Trinajstić information content (AvgIpc) is 2.86. The van der Waals surface area contributed by atoms with E-state index in [4.69, 9.17) is 9.47 Å². The van der Waals surface area contributed by atoms with Gasteiger partial charge in [-0.25, -0.2) is 0 Å². The Morgan fingerprint density at radius 3 is 2.66 bits per heavy atom. The number of nitro groups is 1. The summed E-state index contributed by atoms with van der Waals surface area (Å²) in [5.74, 6) is 0.755. The molecule has 0 fully saturated rings. The summed E-state index contributed by atoms with van der Waals surface area (Å²) in [6.07, 6.45) is 3.81. The molecule has 2 heterocycles. The molecule has 4 rings (SSSR count). The fourth-order valence-electron chi connectivity index (χ4n) is 4.54. The number of benzene rings is 2. The molecule has 0 bridgehead atoms. The van der Waals surface area contributed by atoms with Crippen molar-refractivity contribution < 1.29 is 14.4 Å². The van der Waals surface area contributed by atoms with Crippen LogP contribution in [0.15, 0.2) is 30.3 Å². The lowest BCUT2D eigenvalue weighted by Gasteiger charge is -2.46. The quantitative estimate of drug-likeness (QED) is 0.560. The third kappa shape index (κ3) is 2.29. The smallest absolute Gasteiger partial charge is 0.312 e. The van der Waals surface area contributed by atoms with E-state index in [-0.39, 0.29) is 11.4 Å². The Kier molecular flexibility index (Phi) is 3.88. The summed E-state index contributed by atoms with van der Waals surface area (Å²) < 4.78 is 12.0. The van der Waals surface area contributed by atoms with Crippen molar-refractivity contribution in [2.24, 2.45) is 0 Å². The second-order valence-electron chi connectivity index (χ2n) is 7.89. The monoisotopic (exact) mass is 391 g/mol. The van der Waals surface area contributed by atoms with E-state index in [1.54, 1.807) is 13.0 Å². The van der Waals surface area contributed by atoms with E-state index >= 15 is 0 Å². The van der Waals surface area contributed by atoms with Gasteiger partial charge in [0.25, 0.3) is 0 Å². The van der Waals surface area contributed by atoms with Gasteiger partial charge in [0, 0.05) is 29.9 Å². The van der Waals surface area contributed by atoms with Crippen LogP contribution in [0.3, 0.4) is 0 Å². The number of hydrogen-bond acceptors (Lipinski definition) is 6. The van der Waals surface area contributed by atoms with E-state index in [9.17, 15) is 15.4 Å². The maximum absolute atomic E-state index is 11.5. The zero-order chi connectivity index (χ0) is 21.1. The molecular weight excluding hydrogens is 370 g/mol. The van der Waals surface area contributed by atoms with Crippen LogP contribution in [0.25, 0.3) is 6.08 Å². The molecular formula is C22H21N3O4. The molecule has 2 aliphatic rings. The Balaban J connectivity index is 1.91. The lowest BCUT2D eigenvalue weighted by molar-refractivity contribution is -0.385. The maximum atomic E-state index is 11.5. The standard InChI is InChI=1S/C22H21N3O4/c1-13-19-15(11-18(25(26)27)20(13)28-5)8-9-22(29-19)21(2,3)16-10-14(12-23)6-7-17(16)24(22)4/h6-11H,1-5H3. The maximum Gasteiger partial charge on any atom is 0.312 e. The Morgan fingerprint density at radius 1 is 1.31 bits per heavy atom. The summed E-state index contributed by atoms with van der Waals surface area (Å²) in [6.45, 7) is 5.91. The first-order chi connectivity index (χ1) is 13.7. The second-order valence-corrected chi connectivity index (χ2v) is 7.89. The van der Waals surface area contributed by atoms with Gasteiger partial charge in [0.15, 0.2) is 0 Å². The van der Waals surface area contributed by atoms with Crippen molar-refractivity contribution in [2.45, 2.75) is 31.9 Å². The number of rotatable bonds is 2. The van der Waals surface area contributed by atoms with Crippen LogP contribution in [0.4, 0.5) is 11.4 Å². The largest absolute Gasteiger partial charge is 0.490 e. The summed E-state index contributed by atoms with van der Waals surface area (Å²) in [6, 6.07) is 9.30. The van der Waals surface area contributed by atoms with Crippen LogP contribution >= 0.6 is 0 Å². The summed E-state index contributed by atoms with van der Waals surface area (Å²) in [5.41, 5.74) is 2.39. The highest BCUT2D eigenvalue weighted by molar-refractivity contribution is 5.76. The summed E-state index contributed by atoms with van der Waals surface area (Å²) in [5, 5.41) is 20.8. The van der Waals surface area contributed by atoms with Crippen molar-refractivity contribution >= 4 is 17.5 Å². The minimum Gasteiger partial charge on any atom is -0.490 e. The van der Waals surface area contributed by atoms with Gasteiger partial charge in [-0.3, -0.25) is 10.1 Å². The SMILES string of the molecule is COc1c([N+](=O)[O-])cc2c(c1C)OC1(C=C2)N(C)c2ccc(C#N)cc2C1(C)C. The fraction of sp³-hybridized carbons (Fsp3) is 0.318. The number of nitrogens with zero attached hydrogens (tertiary/aromatic N) is 3. The number of fused-ring (bicyclic) bond motifs is 2. The number of methoxy groups -OCH3 is 1. The highest BCUT2D eigenvalue weighted by Crippen LogP contribution is 2.55. The third-order valence-electron chi connectivity index (χ3n) is 6.17. The zero-order valence-corrected chi connectivity index (χ0v) is 16.9. The number of ether oxygens (including phenoxy) is 2. The molecule has 1 atom stereocenters. The van der Waals surface area contributed by atoms with Gasteiger partial charge in [0.05, 0.1) is 29.1 Å². The molecule has 7 nitrogen and oxygen atoms in total.